The summed E-state index contributed by atoms with van der Waals surface area (Å²) in [6, 6.07) is 4.84. The van der Waals surface area contributed by atoms with Crippen molar-refractivity contribution in [1.82, 2.24) is 19.6 Å². The van der Waals surface area contributed by atoms with E-state index in [1.54, 1.807) is 12.4 Å². The molecular weight excluding hydrogens is 340 g/mol. The van der Waals surface area contributed by atoms with E-state index in [4.69, 9.17) is 11.6 Å². The maximum Gasteiger partial charge on any atom is 0.245 e. The maximum absolute atomic E-state index is 13.0. The summed E-state index contributed by atoms with van der Waals surface area (Å²) in [5, 5.41) is 7.66. The summed E-state index contributed by atoms with van der Waals surface area (Å²) < 4.78 is 32.0. The molecule has 0 saturated carbocycles. The minimum Gasteiger partial charge on any atom is -0.264 e. The van der Waals surface area contributed by atoms with Gasteiger partial charge in [0, 0.05) is 25.5 Å². The third-order valence-electron chi connectivity index (χ3n) is 3.93. The molecule has 3 aromatic rings. The first-order valence-electron chi connectivity index (χ1n) is 6.90. The van der Waals surface area contributed by atoms with Crippen LogP contribution >= 0.6 is 11.6 Å². The molecule has 1 aromatic carbocycles. The minimum atomic E-state index is -3.73. The molecule has 7 nitrogen and oxygen atoms in total. The Morgan fingerprint density at radius 2 is 1.96 bits per heavy atom. The summed E-state index contributed by atoms with van der Waals surface area (Å²) >= 11 is 5.99. The highest BCUT2D eigenvalue weighted by Gasteiger charge is 2.31. The van der Waals surface area contributed by atoms with Crippen molar-refractivity contribution in [3.63, 3.8) is 0 Å². The second kappa shape index (κ2) is 5.26. The number of hydrogen-bond donors (Lipinski definition) is 0. The molecule has 0 N–H and O–H groups in total. The average molecular weight is 351 g/mol. The second-order valence-corrected chi connectivity index (χ2v) is 7.55. The van der Waals surface area contributed by atoms with Crippen LogP contribution in [-0.2, 0) is 23.0 Å². The molecular formula is C14H11ClN4O3S. The van der Waals surface area contributed by atoms with E-state index >= 15 is 0 Å². The Morgan fingerprint density at radius 3 is 2.83 bits per heavy atom. The van der Waals surface area contributed by atoms with Crippen molar-refractivity contribution < 1.29 is 13.0 Å². The molecule has 0 unspecified atom stereocenters. The van der Waals surface area contributed by atoms with Crippen LogP contribution in [0.1, 0.15) is 11.1 Å². The Bertz CT molecular complexity index is 1000. The average Bonchev–Trinajstić information content (AvgIpc) is 3.05. The Morgan fingerprint density at radius 1 is 1.13 bits per heavy atom. The second-order valence-electron chi connectivity index (χ2n) is 5.24. The van der Waals surface area contributed by atoms with Gasteiger partial charge in [0.05, 0.1) is 5.02 Å². The van der Waals surface area contributed by atoms with Crippen LogP contribution in [0.2, 0.25) is 5.02 Å². The van der Waals surface area contributed by atoms with Crippen molar-refractivity contribution in [2.24, 2.45) is 0 Å². The first kappa shape index (κ1) is 14.6. The normalized spacial score (nSPS) is 15.7. The number of halogens is 1. The summed E-state index contributed by atoms with van der Waals surface area (Å²) in [5.74, 6) is 0. The largest absolute Gasteiger partial charge is 0.264 e. The molecule has 1 aliphatic heterocycles. The van der Waals surface area contributed by atoms with Gasteiger partial charge in [0.1, 0.15) is 4.90 Å². The van der Waals surface area contributed by atoms with Gasteiger partial charge < -0.3 is 0 Å². The summed E-state index contributed by atoms with van der Waals surface area (Å²) in [6.07, 6.45) is 4.06. The Kier molecular flexibility index (Phi) is 3.33. The summed E-state index contributed by atoms with van der Waals surface area (Å²) in [5.41, 5.74) is 2.42. The fraction of sp³-hybridized carbons (Fsp3) is 0.214. The third-order valence-corrected chi connectivity index (χ3v) is 6.11. The zero-order chi connectivity index (χ0) is 16.0. The van der Waals surface area contributed by atoms with Gasteiger partial charge in [0.25, 0.3) is 0 Å². The quantitative estimate of drug-likeness (QED) is 0.702. The predicted molar refractivity (Wildman–Crippen MR) is 82.4 cm³/mol. The fourth-order valence-electron chi connectivity index (χ4n) is 2.72. The number of sulfonamides is 1. The standard InChI is InChI=1S/C14H11ClN4O3S/c15-11-1-2-12(14-13(11)17-22-18-14)23(20,21)19-6-4-9-3-5-16-7-10(9)8-19/h1-3,5,7H,4,6,8H2. The number of fused-ring (bicyclic) bond motifs is 2. The van der Waals surface area contributed by atoms with Crippen LogP contribution in [0.3, 0.4) is 0 Å². The van der Waals surface area contributed by atoms with Gasteiger partial charge >= 0.3 is 0 Å². The molecule has 0 bridgehead atoms. The smallest absolute Gasteiger partial charge is 0.245 e. The van der Waals surface area contributed by atoms with Gasteiger partial charge in [-0.25, -0.2) is 13.0 Å². The molecule has 3 heterocycles. The van der Waals surface area contributed by atoms with Gasteiger partial charge in [-0.15, -0.1) is 0 Å². The van der Waals surface area contributed by atoms with Gasteiger partial charge in [-0.3, -0.25) is 4.98 Å². The van der Waals surface area contributed by atoms with Crippen molar-refractivity contribution in [3.05, 3.63) is 46.7 Å². The minimum absolute atomic E-state index is 0.0468. The molecule has 118 valence electrons. The molecule has 9 heteroatoms. The van der Waals surface area contributed by atoms with E-state index in [1.165, 1.54) is 16.4 Å². The Balaban J connectivity index is 1.79. The van der Waals surface area contributed by atoms with Gasteiger partial charge in [-0.1, -0.05) is 11.6 Å². The molecule has 0 spiro atoms. The lowest BCUT2D eigenvalue weighted by atomic mass is 10.0. The van der Waals surface area contributed by atoms with E-state index in [0.717, 1.165) is 11.1 Å². The molecule has 0 atom stereocenters. The molecule has 23 heavy (non-hydrogen) atoms. The number of hydrogen-bond acceptors (Lipinski definition) is 6. The highest BCUT2D eigenvalue weighted by Crippen LogP contribution is 2.30. The van der Waals surface area contributed by atoms with Crippen LogP contribution in [0.15, 0.2) is 40.1 Å². The van der Waals surface area contributed by atoms with Gasteiger partial charge in [0.2, 0.25) is 10.0 Å². The highest BCUT2D eigenvalue weighted by atomic mass is 35.5. The van der Waals surface area contributed by atoms with Crippen molar-refractivity contribution >= 4 is 32.7 Å². The van der Waals surface area contributed by atoms with Crippen LogP contribution in [0.4, 0.5) is 0 Å². The van der Waals surface area contributed by atoms with Crippen LogP contribution in [0.25, 0.3) is 11.0 Å². The molecule has 0 fully saturated rings. The van der Waals surface area contributed by atoms with Crippen LogP contribution in [0.5, 0.6) is 0 Å². The number of benzene rings is 1. The van der Waals surface area contributed by atoms with E-state index in [0.29, 0.717) is 18.0 Å². The topological polar surface area (TPSA) is 89.2 Å². The van der Waals surface area contributed by atoms with Gasteiger partial charge in [-0.05, 0) is 46.1 Å². The van der Waals surface area contributed by atoms with Crippen molar-refractivity contribution in [2.75, 3.05) is 6.54 Å². The van der Waals surface area contributed by atoms with Crippen molar-refractivity contribution in [3.8, 4) is 0 Å². The molecule has 0 radical (unpaired) electrons. The van der Waals surface area contributed by atoms with E-state index in [1.807, 2.05) is 6.07 Å². The lowest BCUT2D eigenvalue weighted by Gasteiger charge is -2.27. The molecule has 2 aromatic heterocycles. The monoisotopic (exact) mass is 350 g/mol. The Hall–Kier alpha value is -2.03. The first-order chi connectivity index (χ1) is 11.1. The summed E-state index contributed by atoms with van der Waals surface area (Å²) in [6.45, 7) is 0.676. The van der Waals surface area contributed by atoms with Gasteiger partial charge in [-0.2, -0.15) is 4.31 Å². The number of pyridine rings is 1. The summed E-state index contributed by atoms with van der Waals surface area (Å²) in [7, 11) is -3.73. The molecule has 0 aliphatic carbocycles. The number of nitrogens with zero attached hydrogens (tertiary/aromatic N) is 4. The lowest BCUT2D eigenvalue weighted by Crippen LogP contribution is -2.36. The molecule has 1 aliphatic rings. The zero-order valence-electron chi connectivity index (χ0n) is 11.8. The van der Waals surface area contributed by atoms with E-state index < -0.39 is 10.0 Å². The number of rotatable bonds is 2. The van der Waals surface area contributed by atoms with Crippen LogP contribution < -0.4 is 0 Å². The summed E-state index contributed by atoms with van der Waals surface area (Å²) in [4.78, 5) is 4.11. The predicted octanol–water partition coefficient (Wildman–Crippen LogP) is 2.02. The third kappa shape index (κ3) is 2.30. The molecule has 0 amide bonds. The lowest BCUT2D eigenvalue weighted by molar-refractivity contribution is 0.315. The highest BCUT2D eigenvalue weighted by molar-refractivity contribution is 7.89. The van der Waals surface area contributed by atoms with E-state index in [9.17, 15) is 8.42 Å². The number of aromatic nitrogens is 3. The van der Waals surface area contributed by atoms with Crippen LogP contribution in [-0.4, -0.2) is 34.6 Å². The Labute approximate surface area is 136 Å². The fourth-order valence-corrected chi connectivity index (χ4v) is 4.45. The van der Waals surface area contributed by atoms with Crippen molar-refractivity contribution in [2.45, 2.75) is 17.9 Å². The molecule has 0 saturated heterocycles. The van der Waals surface area contributed by atoms with Crippen molar-refractivity contribution in [1.29, 1.82) is 0 Å². The van der Waals surface area contributed by atoms with E-state index in [2.05, 4.69) is 19.9 Å². The molecule has 4 rings (SSSR count). The zero-order valence-corrected chi connectivity index (χ0v) is 13.4. The SMILES string of the molecule is O=S(=O)(c1ccc(Cl)c2nonc12)N1CCc2ccncc2C1. The first-order valence-corrected chi connectivity index (χ1v) is 8.72. The van der Waals surface area contributed by atoms with Gasteiger partial charge in [0.15, 0.2) is 11.0 Å². The van der Waals surface area contributed by atoms with E-state index in [-0.39, 0.29) is 22.5 Å². The maximum atomic E-state index is 13.0. The van der Waals surface area contributed by atoms with Crippen LogP contribution in [0, 0.1) is 0 Å².